The summed E-state index contributed by atoms with van der Waals surface area (Å²) >= 11 is 3.55. The Kier molecular flexibility index (Phi) is 8.80. The molecule has 0 radical (unpaired) electrons. The van der Waals surface area contributed by atoms with E-state index in [1.165, 1.54) is 35.8 Å². The van der Waals surface area contributed by atoms with Crippen LogP contribution in [0, 0.1) is 0 Å². The van der Waals surface area contributed by atoms with E-state index in [4.69, 9.17) is 27.1 Å². The van der Waals surface area contributed by atoms with Crippen molar-refractivity contribution in [3.63, 3.8) is 0 Å². The first-order chi connectivity index (χ1) is 19.3. The molecule has 4 rings (SSSR count). The SMILES string of the molecule is CC1=C(N)N=C(SCC2=C(C(=O)O)N3C(=O)C(NC(=O)/C(=N\O[C@H](C)C(=O)O)c4csc(N)n4)[C@@H]3SC2)N(C)C1N. The standard InChI is InChI=1S/C22H27N9O7S3/c1-7-14(23)28-22(30(3)15(7)24)41-5-9-4-39-18-12(17(33)31(18)13(9)20(36)37)27-16(32)11(10-6-40-21(25)26-10)29-38-8(2)19(34)35/h6,8,12,15,18H,4-5,23-24H2,1-3H3,(H2,25,26)(H,27,32)(H,34,35)(H,36,37)/b29-11-/t8-,12?,15?,18+/m1/s1. The smallest absolute Gasteiger partial charge is 0.352 e. The average Bonchev–Trinajstić information content (AvgIpc) is 3.36. The third-order valence-electron chi connectivity index (χ3n) is 6.32. The lowest BCUT2D eigenvalue weighted by atomic mass is 10.0. The number of hydrogen-bond acceptors (Lipinski definition) is 15. The molecule has 0 aromatic carbocycles. The fourth-order valence-electron chi connectivity index (χ4n) is 3.90. The lowest BCUT2D eigenvalue weighted by molar-refractivity contribution is -0.150. The Bertz CT molecular complexity index is 1420. The van der Waals surface area contributed by atoms with Crippen LogP contribution >= 0.6 is 34.9 Å². The maximum Gasteiger partial charge on any atom is 0.352 e. The number of carbonyl (C=O) groups is 4. The number of carbonyl (C=O) groups excluding carboxylic acids is 2. The first kappa shape index (κ1) is 30.2. The van der Waals surface area contributed by atoms with Crippen LogP contribution in [0.4, 0.5) is 5.13 Å². The second-order valence-electron chi connectivity index (χ2n) is 9.02. The van der Waals surface area contributed by atoms with Gasteiger partial charge in [0.2, 0.25) is 6.10 Å². The number of hydrogen-bond donors (Lipinski definition) is 6. The van der Waals surface area contributed by atoms with Gasteiger partial charge in [0.05, 0.1) is 0 Å². The summed E-state index contributed by atoms with van der Waals surface area (Å²) in [6, 6.07) is -1.08. The van der Waals surface area contributed by atoms with Crippen molar-refractivity contribution in [1.29, 1.82) is 0 Å². The number of amidine groups is 1. The van der Waals surface area contributed by atoms with Crippen LogP contribution in [0.2, 0.25) is 0 Å². The number of fused-ring (bicyclic) bond motifs is 1. The molecule has 3 aliphatic heterocycles. The molecule has 1 saturated heterocycles. The highest BCUT2D eigenvalue weighted by Gasteiger charge is 2.54. The largest absolute Gasteiger partial charge is 0.478 e. The van der Waals surface area contributed by atoms with Gasteiger partial charge in [0.15, 0.2) is 16.0 Å². The number of nitrogens with two attached hydrogens (primary N) is 3. The maximum atomic E-state index is 13.1. The predicted octanol–water partition coefficient (Wildman–Crippen LogP) is -0.833. The van der Waals surface area contributed by atoms with Crippen molar-refractivity contribution in [3.8, 4) is 0 Å². The number of thioether (sulfide) groups is 2. The number of carboxylic acid groups (broad SMARTS) is 2. The maximum absolute atomic E-state index is 13.1. The number of likely N-dealkylation sites (N-methyl/N-ethyl adjacent to an activating group) is 1. The number of aliphatic carboxylic acids is 2. The third kappa shape index (κ3) is 5.97. The van der Waals surface area contributed by atoms with E-state index < -0.39 is 47.4 Å². The fraction of sp³-hybridized carbons (Fsp3) is 0.409. The number of nitrogen functional groups attached to an aromatic ring is 1. The Morgan fingerprint density at radius 3 is 2.66 bits per heavy atom. The molecule has 0 aliphatic carbocycles. The highest BCUT2D eigenvalue weighted by Crippen LogP contribution is 2.41. The molecule has 1 aromatic heterocycles. The van der Waals surface area contributed by atoms with Crippen molar-refractivity contribution in [2.45, 2.75) is 37.5 Å². The molecule has 3 aliphatic rings. The van der Waals surface area contributed by atoms with Crippen LogP contribution in [0.25, 0.3) is 0 Å². The van der Waals surface area contributed by atoms with Crippen molar-refractivity contribution < 1.29 is 34.2 Å². The Morgan fingerprint density at radius 2 is 2.05 bits per heavy atom. The van der Waals surface area contributed by atoms with Crippen LogP contribution in [0.15, 0.2) is 38.2 Å². The molecule has 2 amide bonds. The van der Waals surface area contributed by atoms with Crippen molar-refractivity contribution in [3.05, 3.63) is 33.7 Å². The van der Waals surface area contributed by atoms with Crippen LogP contribution in [-0.2, 0) is 24.0 Å². The highest BCUT2D eigenvalue weighted by atomic mass is 32.2. The van der Waals surface area contributed by atoms with Gasteiger partial charge < -0.3 is 42.5 Å². The van der Waals surface area contributed by atoms with Crippen LogP contribution in [0.5, 0.6) is 0 Å². The number of aromatic nitrogens is 1. The summed E-state index contributed by atoms with van der Waals surface area (Å²) in [4.78, 5) is 65.7. The molecule has 4 atom stereocenters. The summed E-state index contributed by atoms with van der Waals surface area (Å²) in [7, 11) is 1.75. The first-order valence-corrected chi connectivity index (χ1v) is 14.8. The zero-order chi connectivity index (χ0) is 30.2. The Labute approximate surface area is 245 Å². The van der Waals surface area contributed by atoms with Crippen molar-refractivity contribution >= 4 is 74.6 Å². The zero-order valence-electron chi connectivity index (χ0n) is 21.9. The molecular formula is C22H27N9O7S3. The molecule has 0 spiro atoms. The topological polar surface area (TPSA) is 252 Å². The molecule has 4 heterocycles. The summed E-state index contributed by atoms with van der Waals surface area (Å²) in [5.74, 6) is -3.32. The van der Waals surface area contributed by atoms with Crippen LogP contribution in [0.3, 0.4) is 0 Å². The monoisotopic (exact) mass is 625 g/mol. The van der Waals surface area contributed by atoms with E-state index in [1.807, 2.05) is 0 Å². The van der Waals surface area contributed by atoms with Gasteiger partial charge in [-0.15, -0.1) is 23.1 Å². The summed E-state index contributed by atoms with van der Waals surface area (Å²) in [6.07, 6.45) is -1.84. The van der Waals surface area contributed by atoms with Crippen molar-refractivity contribution in [2.75, 3.05) is 24.3 Å². The molecule has 19 heteroatoms. The minimum Gasteiger partial charge on any atom is -0.478 e. The minimum absolute atomic E-state index is 0.0222. The highest BCUT2D eigenvalue weighted by molar-refractivity contribution is 8.14. The molecular weight excluding hydrogens is 598 g/mol. The van der Waals surface area contributed by atoms with Gasteiger partial charge in [-0.3, -0.25) is 14.5 Å². The van der Waals surface area contributed by atoms with Gasteiger partial charge >= 0.3 is 11.9 Å². The van der Waals surface area contributed by atoms with E-state index in [-0.39, 0.29) is 33.7 Å². The average molecular weight is 626 g/mol. The van der Waals surface area contributed by atoms with Gasteiger partial charge in [0, 0.05) is 29.5 Å². The number of nitrogens with zero attached hydrogens (tertiary/aromatic N) is 5. The van der Waals surface area contributed by atoms with Gasteiger partial charge in [0.1, 0.15) is 34.8 Å². The van der Waals surface area contributed by atoms with Crippen LogP contribution in [-0.4, -0.2) is 102 Å². The predicted molar refractivity (Wildman–Crippen MR) is 153 cm³/mol. The lowest BCUT2D eigenvalue weighted by Gasteiger charge is -2.49. The fourth-order valence-corrected chi connectivity index (χ4v) is 6.94. The number of nitrogens with one attached hydrogen (secondary N) is 1. The zero-order valence-corrected chi connectivity index (χ0v) is 24.4. The van der Waals surface area contributed by atoms with E-state index in [0.29, 0.717) is 22.1 Å². The number of thiazole rings is 1. The van der Waals surface area contributed by atoms with Gasteiger partial charge in [-0.2, -0.15) is 0 Å². The van der Waals surface area contributed by atoms with Crippen LogP contribution in [0.1, 0.15) is 19.5 Å². The number of amides is 2. The van der Waals surface area contributed by atoms with Gasteiger partial charge in [-0.25, -0.2) is 19.6 Å². The normalized spacial score (nSPS) is 23.5. The van der Waals surface area contributed by atoms with E-state index in [9.17, 15) is 24.3 Å². The van der Waals surface area contributed by atoms with Gasteiger partial charge in [-0.05, 0) is 19.4 Å². The molecule has 1 aromatic rings. The Balaban J connectivity index is 1.50. The van der Waals surface area contributed by atoms with E-state index in [2.05, 4.69) is 20.4 Å². The Morgan fingerprint density at radius 1 is 1.34 bits per heavy atom. The molecule has 0 bridgehead atoms. The molecule has 220 valence electrons. The summed E-state index contributed by atoms with van der Waals surface area (Å²) in [5, 5.41) is 26.6. The molecule has 1 fully saturated rings. The first-order valence-electron chi connectivity index (χ1n) is 11.9. The number of oxime groups is 1. The van der Waals surface area contributed by atoms with E-state index >= 15 is 0 Å². The lowest BCUT2D eigenvalue weighted by Crippen LogP contribution is -2.71. The van der Waals surface area contributed by atoms with Crippen molar-refractivity contribution in [1.82, 2.24) is 20.1 Å². The van der Waals surface area contributed by atoms with Crippen LogP contribution < -0.4 is 22.5 Å². The summed E-state index contributed by atoms with van der Waals surface area (Å²) < 4.78 is 0. The number of anilines is 1. The third-order valence-corrected chi connectivity index (χ3v) is 9.47. The number of β-lactam (4-membered cyclic amide) rings is 1. The number of rotatable bonds is 9. The molecule has 16 nitrogen and oxygen atoms in total. The molecule has 0 saturated carbocycles. The summed E-state index contributed by atoms with van der Waals surface area (Å²) in [6.45, 7) is 3.00. The number of aliphatic imine (C=N–C) groups is 1. The molecule has 41 heavy (non-hydrogen) atoms. The van der Waals surface area contributed by atoms with Gasteiger partial charge in [-0.1, -0.05) is 16.9 Å². The minimum atomic E-state index is -1.37. The second-order valence-corrected chi connectivity index (χ2v) is 12.0. The Hall–Kier alpha value is -3.81. The number of carboxylic acids is 2. The second kappa shape index (κ2) is 12.0. The molecule has 9 N–H and O–H groups in total. The summed E-state index contributed by atoms with van der Waals surface area (Å²) in [5.41, 5.74) is 18.5. The van der Waals surface area contributed by atoms with Crippen molar-refractivity contribution in [2.24, 2.45) is 21.6 Å². The molecule has 2 unspecified atom stereocenters. The quantitative estimate of drug-likeness (QED) is 0.111. The van der Waals surface area contributed by atoms with E-state index in [1.54, 1.807) is 18.9 Å². The van der Waals surface area contributed by atoms with E-state index in [0.717, 1.165) is 16.2 Å². The van der Waals surface area contributed by atoms with Gasteiger partial charge in [0.25, 0.3) is 11.8 Å².